The summed E-state index contributed by atoms with van der Waals surface area (Å²) in [5, 5.41) is 3.17. The molecule has 1 aromatic heterocycles. The molecule has 2 rings (SSSR count). The molecule has 1 aromatic carbocycles. The summed E-state index contributed by atoms with van der Waals surface area (Å²) >= 11 is 0. The Bertz CT molecular complexity index is 566. The third-order valence-electron chi connectivity index (χ3n) is 3.33. The lowest BCUT2D eigenvalue weighted by molar-refractivity contribution is 0.567. The van der Waals surface area contributed by atoms with Gasteiger partial charge in [0, 0.05) is 11.8 Å². The van der Waals surface area contributed by atoms with E-state index in [4.69, 9.17) is 0 Å². The van der Waals surface area contributed by atoms with Crippen molar-refractivity contribution >= 4 is 0 Å². The van der Waals surface area contributed by atoms with Gasteiger partial charge in [0.1, 0.15) is 5.82 Å². The van der Waals surface area contributed by atoms with Gasteiger partial charge in [-0.1, -0.05) is 30.7 Å². The van der Waals surface area contributed by atoms with E-state index < -0.39 is 0 Å². The monoisotopic (exact) mass is 258 g/mol. The van der Waals surface area contributed by atoms with Gasteiger partial charge in [-0.05, 0) is 38.1 Å². The molecule has 0 aliphatic carbocycles. The summed E-state index contributed by atoms with van der Waals surface area (Å²) in [6.45, 7) is 4.05. The average Bonchev–Trinajstić information content (AvgIpc) is 2.44. The molecule has 1 heterocycles. The molecule has 0 bridgehead atoms. The van der Waals surface area contributed by atoms with Crippen molar-refractivity contribution in [2.45, 2.75) is 26.3 Å². The molecule has 0 radical (unpaired) electrons. The van der Waals surface area contributed by atoms with Crippen LogP contribution in [-0.2, 0) is 6.42 Å². The predicted octanol–water partition coefficient (Wildman–Crippen LogP) is 3.40. The molecule has 0 aliphatic heterocycles. The number of halogens is 1. The lowest BCUT2D eigenvalue weighted by atomic mass is 9.96. The van der Waals surface area contributed by atoms with Crippen LogP contribution in [0.5, 0.6) is 0 Å². The van der Waals surface area contributed by atoms with E-state index in [-0.39, 0.29) is 11.9 Å². The normalized spacial score (nSPS) is 12.4. The third kappa shape index (κ3) is 2.82. The molecule has 0 aliphatic rings. The van der Waals surface area contributed by atoms with Crippen LogP contribution < -0.4 is 5.32 Å². The third-order valence-corrected chi connectivity index (χ3v) is 3.33. The van der Waals surface area contributed by atoms with Crippen LogP contribution in [0.3, 0.4) is 0 Å². The second-order valence-corrected chi connectivity index (χ2v) is 4.65. The highest BCUT2D eigenvalue weighted by Gasteiger charge is 2.19. The molecule has 0 saturated heterocycles. The van der Waals surface area contributed by atoms with Crippen molar-refractivity contribution < 1.29 is 4.39 Å². The highest BCUT2D eigenvalue weighted by Crippen LogP contribution is 2.26. The van der Waals surface area contributed by atoms with Crippen molar-refractivity contribution in [3.05, 3.63) is 64.7 Å². The van der Waals surface area contributed by atoms with Gasteiger partial charge in [0.25, 0.3) is 0 Å². The Labute approximate surface area is 113 Å². The number of nitrogens with zero attached hydrogens (tertiary/aromatic N) is 1. The predicted molar refractivity (Wildman–Crippen MR) is 75.7 cm³/mol. The smallest absolute Gasteiger partial charge is 0.128 e. The van der Waals surface area contributed by atoms with Gasteiger partial charge in [0.15, 0.2) is 0 Å². The Hall–Kier alpha value is -1.74. The molecule has 2 aromatic rings. The van der Waals surface area contributed by atoms with E-state index >= 15 is 0 Å². The molecule has 19 heavy (non-hydrogen) atoms. The first kappa shape index (κ1) is 13.7. The summed E-state index contributed by atoms with van der Waals surface area (Å²) in [4.78, 5) is 4.44. The Morgan fingerprint density at radius 1 is 1.32 bits per heavy atom. The Kier molecular flexibility index (Phi) is 4.27. The molecule has 3 heteroatoms. The second-order valence-electron chi connectivity index (χ2n) is 4.65. The van der Waals surface area contributed by atoms with Crippen molar-refractivity contribution in [3.8, 4) is 0 Å². The molecule has 2 nitrogen and oxygen atoms in total. The zero-order chi connectivity index (χ0) is 13.8. The first-order valence-corrected chi connectivity index (χ1v) is 6.54. The van der Waals surface area contributed by atoms with Crippen molar-refractivity contribution in [1.29, 1.82) is 0 Å². The molecule has 1 N–H and O–H groups in total. The van der Waals surface area contributed by atoms with Gasteiger partial charge < -0.3 is 5.32 Å². The van der Waals surface area contributed by atoms with Gasteiger partial charge >= 0.3 is 0 Å². The molecule has 0 fully saturated rings. The van der Waals surface area contributed by atoms with Gasteiger partial charge in [0.2, 0.25) is 0 Å². The number of benzene rings is 1. The Morgan fingerprint density at radius 3 is 2.79 bits per heavy atom. The fourth-order valence-corrected chi connectivity index (χ4v) is 2.33. The summed E-state index contributed by atoms with van der Waals surface area (Å²) in [7, 11) is 1.83. The fourth-order valence-electron chi connectivity index (χ4n) is 2.33. The first-order valence-electron chi connectivity index (χ1n) is 6.54. The van der Waals surface area contributed by atoms with Crippen LogP contribution >= 0.6 is 0 Å². The van der Waals surface area contributed by atoms with Crippen molar-refractivity contribution in [1.82, 2.24) is 10.3 Å². The maximum Gasteiger partial charge on any atom is 0.128 e. The van der Waals surface area contributed by atoms with Gasteiger partial charge in [-0.15, -0.1) is 0 Å². The van der Waals surface area contributed by atoms with E-state index in [1.165, 1.54) is 6.07 Å². The highest BCUT2D eigenvalue weighted by atomic mass is 19.1. The minimum absolute atomic E-state index is 0.197. The quantitative estimate of drug-likeness (QED) is 0.909. The van der Waals surface area contributed by atoms with Gasteiger partial charge in [-0.2, -0.15) is 0 Å². The maximum atomic E-state index is 14.1. The van der Waals surface area contributed by atoms with E-state index in [0.717, 1.165) is 23.2 Å². The molecular formula is C16H19FN2. The standard InChI is InChI=1S/C16H19FN2/c1-4-12-6-5-9-19-15(12)16(18-3)13-10-11(2)7-8-14(13)17/h5-10,16,18H,4H2,1-3H3. The van der Waals surface area contributed by atoms with Crippen LogP contribution in [0.1, 0.15) is 35.3 Å². The van der Waals surface area contributed by atoms with Crippen LogP contribution in [0.4, 0.5) is 4.39 Å². The first-order chi connectivity index (χ1) is 9.17. The number of pyridine rings is 1. The van der Waals surface area contributed by atoms with E-state index in [1.54, 1.807) is 12.3 Å². The highest BCUT2D eigenvalue weighted by molar-refractivity contribution is 5.35. The summed E-state index contributed by atoms with van der Waals surface area (Å²) in [5.74, 6) is -0.197. The van der Waals surface area contributed by atoms with Crippen LogP contribution in [-0.4, -0.2) is 12.0 Å². The summed E-state index contributed by atoms with van der Waals surface area (Å²) < 4.78 is 14.1. The number of aryl methyl sites for hydroxylation is 2. The van der Waals surface area contributed by atoms with Gasteiger partial charge in [-0.25, -0.2) is 4.39 Å². The van der Waals surface area contributed by atoms with E-state index in [0.29, 0.717) is 5.56 Å². The Balaban J connectivity index is 2.53. The SMILES string of the molecule is CCc1cccnc1C(NC)c1cc(C)ccc1F. The fraction of sp³-hybridized carbons (Fsp3) is 0.312. The lowest BCUT2D eigenvalue weighted by Crippen LogP contribution is -2.21. The summed E-state index contributed by atoms with van der Waals surface area (Å²) in [6, 6.07) is 8.93. The number of rotatable bonds is 4. The summed E-state index contributed by atoms with van der Waals surface area (Å²) in [6.07, 6.45) is 2.64. The largest absolute Gasteiger partial charge is 0.308 e. The van der Waals surface area contributed by atoms with Crippen molar-refractivity contribution in [3.63, 3.8) is 0 Å². The Morgan fingerprint density at radius 2 is 2.11 bits per heavy atom. The van der Waals surface area contributed by atoms with E-state index in [9.17, 15) is 4.39 Å². The number of hydrogen-bond acceptors (Lipinski definition) is 2. The summed E-state index contributed by atoms with van der Waals surface area (Å²) in [5.41, 5.74) is 3.74. The zero-order valence-electron chi connectivity index (χ0n) is 11.6. The van der Waals surface area contributed by atoms with Crippen molar-refractivity contribution in [2.75, 3.05) is 7.05 Å². The molecule has 0 spiro atoms. The molecule has 0 amide bonds. The van der Waals surface area contributed by atoms with Gasteiger partial charge in [0.05, 0.1) is 11.7 Å². The maximum absolute atomic E-state index is 14.1. The van der Waals surface area contributed by atoms with Crippen LogP contribution in [0.25, 0.3) is 0 Å². The number of nitrogens with one attached hydrogen (secondary N) is 1. The minimum Gasteiger partial charge on any atom is -0.308 e. The van der Waals surface area contributed by atoms with E-state index in [1.807, 2.05) is 32.2 Å². The molecule has 1 unspecified atom stereocenters. The van der Waals surface area contributed by atoms with Crippen LogP contribution in [0.15, 0.2) is 36.5 Å². The molecule has 100 valence electrons. The average molecular weight is 258 g/mol. The topological polar surface area (TPSA) is 24.9 Å². The number of aromatic nitrogens is 1. The van der Waals surface area contributed by atoms with E-state index in [2.05, 4.69) is 17.2 Å². The number of hydrogen-bond donors (Lipinski definition) is 1. The van der Waals surface area contributed by atoms with Crippen LogP contribution in [0.2, 0.25) is 0 Å². The molecule has 0 saturated carbocycles. The molecular weight excluding hydrogens is 239 g/mol. The lowest BCUT2D eigenvalue weighted by Gasteiger charge is -2.20. The van der Waals surface area contributed by atoms with Crippen molar-refractivity contribution in [2.24, 2.45) is 0 Å². The minimum atomic E-state index is -0.212. The zero-order valence-corrected chi connectivity index (χ0v) is 11.6. The molecule has 1 atom stereocenters. The van der Waals surface area contributed by atoms with Gasteiger partial charge in [-0.3, -0.25) is 4.98 Å². The van der Waals surface area contributed by atoms with Crippen LogP contribution in [0, 0.1) is 12.7 Å². The second kappa shape index (κ2) is 5.93.